The highest BCUT2D eigenvalue weighted by atomic mass is 32.2. The third kappa shape index (κ3) is 2.25. The van der Waals surface area contributed by atoms with Gasteiger partial charge in [-0.1, -0.05) is 42.1 Å². The minimum absolute atomic E-state index is 0.00207. The number of thioether (sulfide) groups is 1. The summed E-state index contributed by atoms with van der Waals surface area (Å²) in [4.78, 5) is 17.1. The Balaban J connectivity index is 1.73. The Kier molecular flexibility index (Phi) is 3.22. The van der Waals surface area contributed by atoms with Crippen LogP contribution in [0.2, 0.25) is 0 Å². The largest absolute Gasteiger partial charge is 0.469 e. The fraction of sp³-hybridized carbons (Fsp3) is 0.375. The zero-order valence-electron chi connectivity index (χ0n) is 11.6. The number of nitrogens with zero attached hydrogens (tertiary/aromatic N) is 2. The fourth-order valence-corrected chi connectivity index (χ4v) is 3.87. The Morgan fingerprint density at radius 1 is 1.29 bits per heavy atom. The topological polar surface area (TPSA) is 44.1 Å². The summed E-state index contributed by atoms with van der Waals surface area (Å²) in [6.45, 7) is 0.781. The molecule has 3 heterocycles. The van der Waals surface area contributed by atoms with Gasteiger partial charge < -0.3 is 4.74 Å². The summed E-state index contributed by atoms with van der Waals surface area (Å²) in [5.74, 6) is 1.56. The molecule has 1 atom stereocenters. The first-order valence-electron chi connectivity index (χ1n) is 7.31. The highest BCUT2D eigenvalue weighted by Crippen LogP contribution is 2.34. The van der Waals surface area contributed by atoms with Gasteiger partial charge in [0.25, 0.3) is 5.56 Å². The van der Waals surface area contributed by atoms with Crippen molar-refractivity contribution in [2.75, 3.05) is 5.75 Å². The van der Waals surface area contributed by atoms with Crippen LogP contribution in [-0.4, -0.2) is 15.3 Å². The van der Waals surface area contributed by atoms with E-state index in [2.05, 4.69) is 17.1 Å². The van der Waals surface area contributed by atoms with Gasteiger partial charge in [0.15, 0.2) is 5.16 Å². The minimum Gasteiger partial charge on any atom is -0.469 e. The number of hydrogen-bond donors (Lipinski definition) is 0. The van der Waals surface area contributed by atoms with Crippen LogP contribution in [0.3, 0.4) is 0 Å². The Bertz CT molecular complexity index is 727. The molecule has 0 N–H and O–H groups in total. The maximum Gasteiger partial charge on any atom is 0.261 e. The van der Waals surface area contributed by atoms with E-state index in [0.717, 1.165) is 47.8 Å². The molecule has 4 rings (SSSR count). The van der Waals surface area contributed by atoms with Crippen LogP contribution in [0.25, 0.3) is 0 Å². The molecule has 0 radical (unpaired) electrons. The van der Waals surface area contributed by atoms with E-state index in [4.69, 9.17) is 4.74 Å². The molecule has 0 fully saturated rings. The van der Waals surface area contributed by atoms with Gasteiger partial charge in [-0.25, -0.2) is 0 Å². The molecule has 4 nitrogen and oxygen atoms in total. The van der Waals surface area contributed by atoms with Crippen molar-refractivity contribution in [3.63, 3.8) is 0 Å². The van der Waals surface area contributed by atoms with Gasteiger partial charge in [0.1, 0.15) is 6.10 Å². The molecule has 2 aliphatic heterocycles. The lowest BCUT2D eigenvalue weighted by Crippen LogP contribution is -2.32. The third-order valence-corrected chi connectivity index (χ3v) is 5.09. The normalized spacial score (nSPS) is 20.3. The van der Waals surface area contributed by atoms with Crippen molar-refractivity contribution in [2.24, 2.45) is 0 Å². The van der Waals surface area contributed by atoms with Gasteiger partial charge in [0.05, 0.1) is 5.56 Å². The van der Waals surface area contributed by atoms with Gasteiger partial charge >= 0.3 is 0 Å². The Morgan fingerprint density at radius 2 is 2.14 bits per heavy atom. The van der Waals surface area contributed by atoms with Gasteiger partial charge in [-0.3, -0.25) is 9.36 Å². The zero-order valence-corrected chi connectivity index (χ0v) is 12.4. The molecule has 1 aromatic heterocycles. The predicted octanol–water partition coefficient (Wildman–Crippen LogP) is 2.81. The standard InChI is InChI=1S/C16H16N2O2S/c19-15-12-7-8-13(11-5-2-1-3-6-11)20-14(12)17-16-18(15)9-4-10-21-16/h1-3,5-6,13H,4,7-10H2. The average Bonchev–Trinajstić information content (AvgIpc) is 2.55. The third-order valence-electron chi connectivity index (χ3n) is 4.03. The molecule has 0 amide bonds. The van der Waals surface area contributed by atoms with Gasteiger partial charge in [0, 0.05) is 12.3 Å². The second-order valence-electron chi connectivity index (χ2n) is 5.39. The molecular weight excluding hydrogens is 284 g/mol. The highest BCUT2D eigenvalue weighted by Gasteiger charge is 2.27. The molecule has 2 aromatic rings. The van der Waals surface area contributed by atoms with Gasteiger partial charge in [-0.05, 0) is 24.8 Å². The lowest BCUT2D eigenvalue weighted by atomic mass is 10.00. The molecule has 21 heavy (non-hydrogen) atoms. The summed E-state index contributed by atoms with van der Waals surface area (Å²) in [7, 11) is 0. The summed E-state index contributed by atoms with van der Waals surface area (Å²) in [5, 5.41) is 0.804. The summed E-state index contributed by atoms with van der Waals surface area (Å²) >= 11 is 1.64. The number of hydrogen-bond acceptors (Lipinski definition) is 4. The smallest absolute Gasteiger partial charge is 0.261 e. The van der Waals surface area contributed by atoms with Crippen LogP contribution in [0, 0.1) is 0 Å². The van der Waals surface area contributed by atoms with Crippen molar-refractivity contribution in [1.82, 2.24) is 9.55 Å². The van der Waals surface area contributed by atoms with Crippen LogP contribution in [0.4, 0.5) is 0 Å². The molecule has 1 unspecified atom stereocenters. The van der Waals surface area contributed by atoms with Gasteiger partial charge in [0.2, 0.25) is 5.88 Å². The molecule has 1 aromatic carbocycles. The summed E-state index contributed by atoms with van der Waals surface area (Å²) < 4.78 is 7.83. The first-order chi connectivity index (χ1) is 10.3. The van der Waals surface area contributed by atoms with E-state index in [1.807, 2.05) is 18.2 Å². The Hall–Kier alpha value is -1.75. The number of aromatic nitrogens is 2. The monoisotopic (exact) mass is 300 g/mol. The van der Waals surface area contributed by atoms with Crippen molar-refractivity contribution in [1.29, 1.82) is 0 Å². The van der Waals surface area contributed by atoms with E-state index in [9.17, 15) is 4.79 Å². The molecule has 0 saturated heterocycles. The maximum absolute atomic E-state index is 12.5. The first-order valence-corrected chi connectivity index (χ1v) is 8.29. The number of fused-ring (bicyclic) bond motifs is 2. The van der Waals surface area contributed by atoms with Gasteiger partial charge in [-0.2, -0.15) is 4.98 Å². The quantitative estimate of drug-likeness (QED) is 0.760. The van der Waals surface area contributed by atoms with E-state index < -0.39 is 0 Å². The Morgan fingerprint density at radius 3 is 3.00 bits per heavy atom. The van der Waals surface area contributed by atoms with Crippen LogP contribution in [0.15, 0.2) is 40.3 Å². The molecular formula is C16H16N2O2S. The van der Waals surface area contributed by atoms with Crippen LogP contribution < -0.4 is 10.3 Å². The van der Waals surface area contributed by atoms with E-state index in [0.29, 0.717) is 5.88 Å². The predicted molar refractivity (Wildman–Crippen MR) is 82.0 cm³/mol. The molecule has 108 valence electrons. The lowest BCUT2D eigenvalue weighted by Gasteiger charge is -2.27. The van der Waals surface area contributed by atoms with E-state index >= 15 is 0 Å². The minimum atomic E-state index is 0.00207. The van der Waals surface area contributed by atoms with Crippen molar-refractivity contribution in [3.8, 4) is 5.88 Å². The first kappa shape index (κ1) is 13.0. The molecule has 0 bridgehead atoms. The molecule has 5 heteroatoms. The van der Waals surface area contributed by atoms with E-state index in [1.165, 1.54) is 0 Å². The maximum atomic E-state index is 12.5. The van der Waals surface area contributed by atoms with Crippen LogP contribution in [0.5, 0.6) is 5.88 Å². The molecule has 0 spiro atoms. The number of rotatable bonds is 1. The number of benzene rings is 1. The zero-order chi connectivity index (χ0) is 14.2. The summed E-state index contributed by atoms with van der Waals surface area (Å²) in [6, 6.07) is 10.2. The van der Waals surface area contributed by atoms with Crippen molar-refractivity contribution in [3.05, 3.63) is 51.8 Å². The second kappa shape index (κ2) is 5.22. The highest BCUT2D eigenvalue weighted by molar-refractivity contribution is 7.99. The molecule has 0 saturated carbocycles. The molecule has 2 aliphatic rings. The van der Waals surface area contributed by atoms with Crippen LogP contribution in [-0.2, 0) is 13.0 Å². The molecule has 0 aliphatic carbocycles. The summed E-state index contributed by atoms with van der Waals surface area (Å²) in [5.41, 5.74) is 1.98. The Labute approximate surface area is 127 Å². The van der Waals surface area contributed by atoms with Crippen LogP contribution >= 0.6 is 11.8 Å². The number of ether oxygens (including phenoxy) is 1. The average molecular weight is 300 g/mol. The van der Waals surface area contributed by atoms with Gasteiger partial charge in [-0.15, -0.1) is 0 Å². The van der Waals surface area contributed by atoms with Crippen LogP contribution in [0.1, 0.15) is 30.1 Å². The van der Waals surface area contributed by atoms with Crippen molar-refractivity contribution < 1.29 is 4.74 Å². The van der Waals surface area contributed by atoms with E-state index in [1.54, 1.807) is 16.3 Å². The second-order valence-corrected chi connectivity index (χ2v) is 6.45. The van der Waals surface area contributed by atoms with Crippen molar-refractivity contribution in [2.45, 2.75) is 37.1 Å². The lowest BCUT2D eigenvalue weighted by molar-refractivity contribution is 0.163. The van der Waals surface area contributed by atoms with E-state index in [-0.39, 0.29) is 11.7 Å². The summed E-state index contributed by atoms with van der Waals surface area (Å²) in [6.07, 6.45) is 2.61. The SMILES string of the molecule is O=c1c2c(nc3n1CCCS3)OC(c1ccccc1)CC2. The fourth-order valence-electron chi connectivity index (χ4n) is 2.93. The van der Waals surface area contributed by atoms with Crippen molar-refractivity contribution >= 4 is 11.8 Å².